The fourth-order valence-corrected chi connectivity index (χ4v) is 11.4. The van der Waals surface area contributed by atoms with Gasteiger partial charge in [0.25, 0.3) is 5.91 Å². The van der Waals surface area contributed by atoms with E-state index in [1.807, 2.05) is 44.2 Å². The fraction of sp³-hybridized carbons (Fsp3) is 0.448. The number of hydrogen-bond acceptors (Lipinski definition) is 9. The van der Waals surface area contributed by atoms with Gasteiger partial charge in [-0.15, -0.1) is 10.2 Å². The predicted octanol–water partition coefficient (Wildman–Crippen LogP) is 15.2. The number of carbonyl (C=O) groups is 2. The van der Waals surface area contributed by atoms with Crippen molar-refractivity contribution in [3.63, 3.8) is 0 Å². The van der Waals surface area contributed by atoms with Crippen LogP contribution in [0.3, 0.4) is 0 Å². The monoisotopic (exact) mass is 1090 g/mol. The number of aromatic nitrogens is 2. The summed E-state index contributed by atoms with van der Waals surface area (Å²) < 4.78 is 19.6. The highest BCUT2D eigenvalue weighted by atomic mass is 35.5. The van der Waals surface area contributed by atoms with Gasteiger partial charge >= 0.3 is 0 Å². The molecule has 0 saturated carbocycles. The SMILES string of the molecule is [C-]#[N+]c1ccc(C[C@@H](C(=O)NNC(=O)c2ccc(C#N)cc2)[C@H](C)O[Si](C)(C)C(C)(C)C)c(CCC)c1Cl.[C-]#[N+]c1ccc(C[C@@H](c2nnc(-c3ccc(C#N)cc3)o2)[C@H](C)O[Si](C)(C)C(C)(C)C)c(CCC)c1Cl. The van der Waals surface area contributed by atoms with Crippen LogP contribution in [0, 0.1) is 41.7 Å². The molecule has 0 bridgehead atoms. The lowest BCUT2D eigenvalue weighted by Gasteiger charge is -2.40. The molecular formula is C58H72Cl2N8O5Si2. The van der Waals surface area contributed by atoms with Gasteiger partial charge in [0, 0.05) is 11.1 Å². The van der Waals surface area contributed by atoms with Crippen LogP contribution >= 0.6 is 23.2 Å². The molecule has 5 rings (SSSR count). The average molecular weight is 1090 g/mol. The molecular weight excluding hydrogens is 1020 g/mol. The summed E-state index contributed by atoms with van der Waals surface area (Å²) in [7, 11) is -4.30. The second kappa shape index (κ2) is 26.6. The van der Waals surface area contributed by atoms with Crippen molar-refractivity contribution < 1.29 is 22.9 Å². The number of halogens is 2. The van der Waals surface area contributed by atoms with Crippen LogP contribution in [-0.4, -0.2) is 50.9 Å². The molecule has 0 fully saturated rings. The molecule has 4 atom stereocenters. The summed E-state index contributed by atoms with van der Waals surface area (Å²) in [5.41, 5.74) is 11.8. The van der Waals surface area contributed by atoms with Crippen LogP contribution in [-0.2, 0) is 39.3 Å². The molecule has 2 N–H and O–H groups in total. The van der Waals surface area contributed by atoms with E-state index in [4.69, 9.17) is 60.1 Å². The zero-order valence-electron chi connectivity index (χ0n) is 46.0. The first kappa shape index (κ1) is 61.4. The van der Waals surface area contributed by atoms with E-state index < -0.39 is 34.6 Å². The molecule has 0 aliphatic heterocycles. The fourth-order valence-electron chi connectivity index (χ4n) is 7.91. The van der Waals surface area contributed by atoms with Crippen LogP contribution in [0.4, 0.5) is 11.4 Å². The second-order valence-corrected chi connectivity index (χ2v) is 32.1. The minimum atomic E-state index is -2.21. The molecule has 0 saturated heterocycles. The second-order valence-electron chi connectivity index (χ2n) is 21.9. The third-order valence-corrected chi connectivity index (χ3v) is 24.4. The number of nitriles is 2. The summed E-state index contributed by atoms with van der Waals surface area (Å²) in [6.07, 6.45) is 3.50. The van der Waals surface area contributed by atoms with Gasteiger partial charge in [0.15, 0.2) is 16.6 Å². The molecule has 0 spiro atoms. The van der Waals surface area contributed by atoms with Crippen LogP contribution in [0.1, 0.15) is 138 Å². The molecule has 5 aromatic rings. The van der Waals surface area contributed by atoms with Crippen molar-refractivity contribution in [3.8, 4) is 23.6 Å². The van der Waals surface area contributed by atoms with Gasteiger partial charge in [0.2, 0.25) is 29.1 Å². The van der Waals surface area contributed by atoms with Crippen molar-refractivity contribution in [1.82, 2.24) is 21.0 Å². The molecule has 75 heavy (non-hydrogen) atoms. The number of nitrogens with zero attached hydrogens (tertiary/aromatic N) is 6. The van der Waals surface area contributed by atoms with Crippen LogP contribution < -0.4 is 10.9 Å². The van der Waals surface area contributed by atoms with Crippen molar-refractivity contribution in [2.45, 2.75) is 162 Å². The van der Waals surface area contributed by atoms with Gasteiger partial charge in [-0.2, -0.15) is 10.5 Å². The Morgan fingerprint density at radius 3 is 1.59 bits per heavy atom. The first-order valence-corrected chi connectivity index (χ1v) is 31.9. The van der Waals surface area contributed by atoms with Crippen molar-refractivity contribution in [1.29, 1.82) is 10.5 Å². The quantitative estimate of drug-likeness (QED) is 0.0492. The van der Waals surface area contributed by atoms with E-state index in [0.717, 1.165) is 47.1 Å². The predicted molar refractivity (Wildman–Crippen MR) is 304 cm³/mol. The van der Waals surface area contributed by atoms with Gasteiger partial charge in [-0.3, -0.25) is 20.4 Å². The van der Waals surface area contributed by atoms with E-state index in [0.29, 0.717) is 69.2 Å². The van der Waals surface area contributed by atoms with Crippen LogP contribution in [0.15, 0.2) is 77.2 Å². The maximum atomic E-state index is 13.5. The highest BCUT2D eigenvalue weighted by molar-refractivity contribution is 6.74. The molecule has 0 aliphatic carbocycles. The van der Waals surface area contributed by atoms with Crippen LogP contribution in [0.25, 0.3) is 21.1 Å². The highest BCUT2D eigenvalue weighted by Gasteiger charge is 2.42. The Kier molecular flexibility index (Phi) is 21.7. The number of hydrogen-bond donors (Lipinski definition) is 2. The van der Waals surface area contributed by atoms with E-state index in [9.17, 15) is 9.59 Å². The van der Waals surface area contributed by atoms with E-state index in [2.05, 4.69) is 118 Å². The van der Waals surface area contributed by atoms with Crippen LogP contribution in [0.2, 0.25) is 46.3 Å². The lowest BCUT2D eigenvalue weighted by Crippen LogP contribution is -2.51. The minimum absolute atomic E-state index is 0.0439. The molecule has 0 radical (unpaired) electrons. The number of hydrazine groups is 1. The van der Waals surface area contributed by atoms with Crippen molar-refractivity contribution >= 4 is 63.0 Å². The molecule has 0 unspecified atom stereocenters. The summed E-state index contributed by atoms with van der Waals surface area (Å²) in [4.78, 5) is 33.3. The van der Waals surface area contributed by atoms with E-state index in [1.165, 1.54) is 12.1 Å². The number of nitrogens with one attached hydrogen (secondary N) is 2. The topological polar surface area (TPSA) is 172 Å². The maximum Gasteiger partial charge on any atom is 0.269 e. The summed E-state index contributed by atoms with van der Waals surface area (Å²) in [6, 6.07) is 24.7. The lowest BCUT2D eigenvalue weighted by molar-refractivity contribution is -0.128. The van der Waals surface area contributed by atoms with Crippen molar-refractivity contribution in [2.75, 3.05) is 0 Å². The van der Waals surface area contributed by atoms with Crippen molar-refractivity contribution in [3.05, 3.63) is 151 Å². The third kappa shape index (κ3) is 15.9. The molecule has 1 aromatic heterocycles. The Morgan fingerprint density at radius 2 is 1.15 bits per heavy atom. The largest absolute Gasteiger partial charge is 0.420 e. The zero-order valence-corrected chi connectivity index (χ0v) is 49.5. The Bertz CT molecular complexity index is 2950. The smallest absolute Gasteiger partial charge is 0.269 e. The van der Waals surface area contributed by atoms with E-state index >= 15 is 0 Å². The lowest BCUT2D eigenvalue weighted by atomic mass is 9.90. The molecule has 1 heterocycles. The Labute approximate surface area is 457 Å². The van der Waals surface area contributed by atoms with Gasteiger partial charge in [-0.1, -0.05) is 116 Å². The third-order valence-electron chi connectivity index (χ3n) is 14.4. The first-order valence-electron chi connectivity index (χ1n) is 25.3. The molecule has 396 valence electrons. The molecule has 13 nitrogen and oxygen atoms in total. The summed E-state index contributed by atoms with van der Waals surface area (Å²) >= 11 is 13.2. The molecule has 0 aliphatic rings. The highest BCUT2D eigenvalue weighted by Crippen LogP contribution is 2.42. The van der Waals surface area contributed by atoms with Gasteiger partial charge in [-0.25, -0.2) is 9.69 Å². The first-order chi connectivity index (χ1) is 35.2. The van der Waals surface area contributed by atoms with Crippen LogP contribution in [0.5, 0.6) is 0 Å². The molecule has 4 aromatic carbocycles. The minimum Gasteiger partial charge on any atom is -0.420 e. The summed E-state index contributed by atoms with van der Waals surface area (Å²) in [5, 5.41) is 27.8. The molecule has 17 heteroatoms. The van der Waals surface area contributed by atoms with Gasteiger partial charge < -0.3 is 13.3 Å². The summed E-state index contributed by atoms with van der Waals surface area (Å²) in [6.45, 7) is 44.8. The number of amides is 2. The van der Waals surface area contributed by atoms with E-state index in [-0.39, 0.29) is 28.0 Å². The Morgan fingerprint density at radius 1 is 0.693 bits per heavy atom. The molecule has 2 amide bonds. The van der Waals surface area contributed by atoms with Gasteiger partial charge in [-0.05, 0) is 147 Å². The number of benzene rings is 4. The maximum absolute atomic E-state index is 13.5. The normalized spacial score (nSPS) is 13.3. The summed E-state index contributed by atoms with van der Waals surface area (Å²) in [5.74, 6) is -0.811. The van der Waals surface area contributed by atoms with Crippen molar-refractivity contribution in [2.24, 2.45) is 5.92 Å². The standard InChI is InChI=1S/C29H37ClN4O3Si.C29H35ClN4O2Si/c1-9-10-23-22(15-16-25(32-6)26(23)30)17-24(19(2)37-38(7,8)29(3,4)5)28(36)34-33-27(35)21-13-11-20(18-31)12-14-21;1-9-10-23-22(15-16-25(32-6)26(23)30)17-24(19(2)36-37(7,8)29(3,4)5)28-34-33-27(35-28)21-13-11-20(18-31)12-14-21/h11-16,19,24H,9-10,17H2,1-5,7-8H3,(H,33,35)(H,34,36);11-16,19,24H,9-10,17H2,1-5,7-8H3/t2*19-,24+/m00/s1. The Hall–Kier alpha value is -6.15. The average Bonchev–Trinajstić information content (AvgIpc) is 3.85. The number of carbonyl (C=O) groups excluding carboxylic acids is 2. The Balaban J connectivity index is 0.000000325. The van der Waals surface area contributed by atoms with Gasteiger partial charge in [0.05, 0.1) is 70.5 Å². The van der Waals surface area contributed by atoms with Gasteiger partial charge in [0.1, 0.15) is 0 Å². The van der Waals surface area contributed by atoms with E-state index in [1.54, 1.807) is 36.4 Å². The zero-order chi connectivity index (χ0) is 56.1. The number of rotatable bonds is 18.